The maximum absolute atomic E-state index is 13.3. The SMILES string of the molecule is Nc1nc2c(ncn2[C@@H]2O[C@@H]3COP(=O)(O)O[C@@H]4C(O)[C@H](n5cnc6c(N)ncnc65)O[C@@H]4COP(O)(=S)O[C@H]2C3CCS)c(=O)[nH]1. The van der Waals surface area contributed by atoms with Gasteiger partial charge in [0.2, 0.25) is 5.95 Å². The number of nitrogens with one attached hydrogen (secondary N) is 1. The van der Waals surface area contributed by atoms with E-state index in [0.29, 0.717) is 12.2 Å². The molecular weight excluding hydrogens is 706 g/mol. The van der Waals surface area contributed by atoms with Gasteiger partial charge in [-0.2, -0.15) is 17.6 Å². The van der Waals surface area contributed by atoms with Crippen molar-refractivity contribution in [2.45, 2.75) is 49.4 Å². The van der Waals surface area contributed by atoms with Gasteiger partial charge in [0.15, 0.2) is 35.1 Å². The molecule has 0 amide bonds. The van der Waals surface area contributed by atoms with Crippen molar-refractivity contribution in [3.63, 3.8) is 0 Å². The number of hydrogen-bond acceptors (Lipinski definition) is 18. The Kier molecular flexibility index (Phi) is 8.65. The minimum atomic E-state index is -4.94. The molecule has 254 valence electrons. The lowest BCUT2D eigenvalue weighted by Gasteiger charge is -2.28. The molecule has 4 aromatic rings. The molecule has 3 aliphatic rings. The predicted octanol–water partition coefficient (Wildman–Crippen LogP) is -0.650. The number of aromatic amines is 1. The number of phosphoric ester groups is 1. The zero-order chi connectivity index (χ0) is 33.2. The Morgan fingerprint density at radius 3 is 2.45 bits per heavy atom. The summed E-state index contributed by atoms with van der Waals surface area (Å²) in [4.78, 5) is 57.4. The highest BCUT2D eigenvalue weighted by atomic mass is 32.5. The third-order valence-electron chi connectivity index (χ3n) is 7.97. The third kappa shape index (κ3) is 6.09. The molecule has 10 atom stereocenters. The van der Waals surface area contributed by atoms with Crippen LogP contribution in [0.3, 0.4) is 0 Å². The van der Waals surface area contributed by atoms with Crippen LogP contribution in [-0.2, 0) is 43.9 Å². The first kappa shape index (κ1) is 32.9. The van der Waals surface area contributed by atoms with Crippen LogP contribution in [0.25, 0.3) is 22.3 Å². The van der Waals surface area contributed by atoms with Gasteiger partial charge in [-0.15, -0.1) is 0 Å². The molecule has 0 spiro atoms. The fraction of sp³-hybridized carbons (Fsp3) is 0.545. The van der Waals surface area contributed by atoms with Gasteiger partial charge < -0.3 is 44.9 Å². The van der Waals surface area contributed by atoms with Crippen molar-refractivity contribution in [2.75, 3.05) is 30.4 Å². The monoisotopic (exact) mass is 734 g/mol. The van der Waals surface area contributed by atoms with Crippen LogP contribution in [0.2, 0.25) is 0 Å². The fourth-order valence-electron chi connectivity index (χ4n) is 5.90. The second kappa shape index (κ2) is 12.4. The molecule has 0 saturated carbocycles. The Morgan fingerprint density at radius 1 is 0.979 bits per heavy atom. The van der Waals surface area contributed by atoms with E-state index in [1.165, 1.54) is 28.1 Å². The van der Waals surface area contributed by atoms with Crippen molar-refractivity contribution in [3.8, 4) is 0 Å². The third-order valence-corrected chi connectivity index (χ3v) is 10.8. The number of nitrogen functional groups attached to an aromatic ring is 2. The molecule has 21 nitrogen and oxygen atoms in total. The van der Waals surface area contributed by atoms with E-state index in [1.807, 2.05) is 0 Å². The lowest BCUT2D eigenvalue weighted by atomic mass is 9.95. The highest BCUT2D eigenvalue weighted by Crippen LogP contribution is 2.55. The summed E-state index contributed by atoms with van der Waals surface area (Å²) in [7, 11) is -4.94. The molecule has 7 heterocycles. The van der Waals surface area contributed by atoms with Crippen LogP contribution < -0.4 is 17.0 Å². The Morgan fingerprint density at radius 2 is 1.68 bits per heavy atom. The molecular formula is C22H28N10O11P2S2. The number of rotatable bonds is 4. The van der Waals surface area contributed by atoms with E-state index in [0.717, 1.165) is 0 Å². The van der Waals surface area contributed by atoms with Crippen LogP contribution in [0.15, 0.2) is 23.8 Å². The average molecular weight is 735 g/mol. The van der Waals surface area contributed by atoms with Gasteiger partial charge in [0.1, 0.15) is 36.3 Å². The van der Waals surface area contributed by atoms with E-state index < -0.39 is 82.2 Å². The predicted molar refractivity (Wildman–Crippen MR) is 166 cm³/mol. The number of anilines is 2. The summed E-state index contributed by atoms with van der Waals surface area (Å²) in [6.45, 7) is -5.24. The molecule has 3 fully saturated rings. The number of aromatic nitrogens is 8. The Hall–Kier alpha value is -2.63. The van der Waals surface area contributed by atoms with Crippen LogP contribution in [0.4, 0.5) is 11.8 Å². The average Bonchev–Trinajstić information content (AvgIpc) is 3.76. The van der Waals surface area contributed by atoms with E-state index >= 15 is 0 Å². The topological polar surface area (TPSA) is 292 Å². The molecule has 0 radical (unpaired) electrons. The van der Waals surface area contributed by atoms with Crippen molar-refractivity contribution in [1.29, 1.82) is 0 Å². The number of aliphatic hydroxyl groups excluding tert-OH is 1. The standard InChI is InChI=1S/C22H28N10O11P2S2/c23-16-11-17(26-5-25-16)31(6-27-11)20-13(33)15-10(41-20)4-39-45(37,47)43-14-8(1-2-46)9(3-38-44(35,36)42-15)40-21(14)32-7-28-12-18(32)29-22(24)30-19(12)34/h5-10,13-15,20-21,33,46H,1-4H2,(H,35,36)(H,37,47)(H2,23,25,26)(H3,24,29,30,34)/t8?,9-,10-,13?,14+,15+,20-,21-,45?/m1/s1. The minimum absolute atomic E-state index is 0.0433. The minimum Gasteiger partial charge on any atom is -0.386 e. The molecule has 8 N–H and O–H groups in total. The molecule has 3 aliphatic heterocycles. The fourth-order valence-corrected chi connectivity index (χ4v) is 8.61. The lowest BCUT2D eigenvalue weighted by Crippen LogP contribution is -2.36. The number of ether oxygens (including phenoxy) is 2. The van der Waals surface area contributed by atoms with Crippen molar-refractivity contribution in [1.82, 2.24) is 39.0 Å². The van der Waals surface area contributed by atoms with Gasteiger partial charge in [-0.05, 0) is 24.0 Å². The number of thiol groups is 1. The molecule has 3 saturated heterocycles. The lowest BCUT2D eigenvalue weighted by molar-refractivity contribution is -0.0631. The van der Waals surface area contributed by atoms with E-state index in [1.54, 1.807) is 0 Å². The highest BCUT2D eigenvalue weighted by Gasteiger charge is 2.53. The first-order chi connectivity index (χ1) is 22.4. The summed E-state index contributed by atoms with van der Waals surface area (Å²) in [6, 6.07) is 0. The summed E-state index contributed by atoms with van der Waals surface area (Å²) < 4.78 is 50.9. The number of nitrogens with zero attached hydrogens (tertiary/aromatic N) is 7. The number of fused-ring (bicyclic) bond motifs is 5. The Balaban J connectivity index is 1.23. The zero-order valence-corrected chi connectivity index (χ0v) is 27.3. The van der Waals surface area contributed by atoms with E-state index in [9.17, 15) is 24.3 Å². The van der Waals surface area contributed by atoms with E-state index in [-0.39, 0.29) is 34.1 Å². The summed E-state index contributed by atoms with van der Waals surface area (Å²) in [6.07, 6.45) is -4.82. The van der Waals surface area contributed by atoms with Gasteiger partial charge in [-0.3, -0.25) is 28.0 Å². The molecule has 25 heteroatoms. The van der Waals surface area contributed by atoms with E-state index in [4.69, 9.17) is 50.8 Å². The second-order valence-corrected chi connectivity index (χ2v) is 15.5. The maximum atomic E-state index is 13.3. The number of phosphoric acid groups is 1. The van der Waals surface area contributed by atoms with Crippen LogP contribution in [0.5, 0.6) is 0 Å². The summed E-state index contributed by atoms with van der Waals surface area (Å²) in [5.41, 5.74) is 11.5. The number of aliphatic hydroxyl groups is 1. The molecule has 0 aliphatic carbocycles. The smallest absolute Gasteiger partial charge is 0.386 e. The number of hydrogen-bond donors (Lipinski definition) is 7. The van der Waals surface area contributed by atoms with Gasteiger partial charge in [0, 0.05) is 5.92 Å². The zero-order valence-electron chi connectivity index (χ0n) is 23.8. The molecule has 7 rings (SSSR count). The van der Waals surface area contributed by atoms with Crippen molar-refractivity contribution < 1.29 is 47.0 Å². The Bertz CT molecular complexity index is 1980. The van der Waals surface area contributed by atoms with Crippen molar-refractivity contribution in [3.05, 3.63) is 29.3 Å². The number of nitrogens with two attached hydrogens (primary N) is 2. The largest absolute Gasteiger partial charge is 0.472 e. The molecule has 4 aromatic heterocycles. The molecule has 47 heavy (non-hydrogen) atoms. The summed E-state index contributed by atoms with van der Waals surface area (Å²) in [5, 5.41) is 11.3. The number of H-pyrrole nitrogens is 1. The molecule has 4 unspecified atom stereocenters. The summed E-state index contributed by atoms with van der Waals surface area (Å²) >= 11 is 9.73. The van der Waals surface area contributed by atoms with Crippen molar-refractivity contribution >= 4 is 73.1 Å². The normalized spacial score (nSPS) is 36.6. The van der Waals surface area contributed by atoms with Gasteiger partial charge in [-0.25, -0.2) is 24.5 Å². The number of imidazole rings is 2. The summed E-state index contributed by atoms with van der Waals surface area (Å²) in [5.74, 6) is -0.451. The van der Waals surface area contributed by atoms with Gasteiger partial charge in [-0.1, -0.05) is 0 Å². The van der Waals surface area contributed by atoms with Gasteiger partial charge >= 0.3 is 14.5 Å². The first-order valence-corrected chi connectivity index (χ1v) is 18.6. The van der Waals surface area contributed by atoms with E-state index in [2.05, 4.69) is 42.5 Å². The van der Waals surface area contributed by atoms with Crippen LogP contribution >= 0.6 is 27.2 Å². The highest BCUT2D eigenvalue weighted by molar-refractivity contribution is 8.07. The van der Waals surface area contributed by atoms with Crippen LogP contribution in [0, 0.1) is 5.92 Å². The molecule has 2 bridgehead atoms. The quantitative estimate of drug-likeness (QED) is 0.101. The second-order valence-electron chi connectivity index (χ2n) is 10.8. The van der Waals surface area contributed by atoms with Crippen LogP contribution in [0.1, 0.15) is 18.9 Å². The van der Waals surface area contributed by atoms with Gasteiger partial charge in [0.25, 0.3) is 5.56 Å². The molecule has 0 aromatic carbocycles. The Labute approximate surface area is 273 Å². The van der Waals surface area contributed by atoms with Gasteiger partial charge in [0.05, 0.1) is 32.0 Å². The van der Waals surface area contributed by atoms with Crippen LogP contribution in [-0.4, -0.2) is 103 Å². The maximum Gasteiger partial charge on any atom is 0.472 e. The van der Waals surface area contributed by atoms with Crippen molar-refractivity contribution in [2.24, 2.45) is 5.92 Å². The first-order valence-electron chi connectivity index (χ1n) is 13.9.